The summed E-state index contributed by atoms with van der Waals surface area (Å²) in [6.45, 7) is 3.31. The number of hydrogen-bond donors (Lipinski definition) is 2. The van der Waals surface area contributed by atoms with Crippen molar-refractivity contribution < 1.29 is 14.6 Å². The van der Waals surface area contributed by atoms with Gasteiger partial charge in [0, 0.05) is 12.8 Å². The fraction of sp³-hybridized carbons (Fsp3) is 0.364. The highest BCUT2D eigenvalue weighted by Gasteiger charge is 2.26. The van der Waals surface area contributed by atoms with Crippen molar-refractivity contribution in [3.05, 3.63) is 23.2 Å². The van der Waals surface area contributed by atoms with Crippen molar-refractivity contribution in [2.75, 3.05) is 12.4 Å². The molecule has 0 unspecified atom stereocenters. The number of benzene rings is 1. The minimum atomic E-state index is -0.912. The van der Waals surface area contributed by atoms with Gasteiger partial charge in [-0.15, -0.1) is 0 Å². The van der Waals surface area contributed by atoms with Crippen LogP contribution in [0.1, 0.15) is 13.8 Å². The molecule has 0 atom stereocenters. The average Bonchev–Trinajstić information content (AvgIpc) is 2.23. The Morgan fingerprint density at radius 1 is 1.50 bits per heavy atom. The molecule has 0 bridgehead atoms. The Kier molecular flexibility index (Phi) is 3.78. The van der Waals surface area contributed by atoms with Crippen LogP contribution in [-0.2, 0) is 9.53 Å². The summed E-state index contributed by atoms with van der Waals surface area (Å²) in [5.41, 5.74) is -0.400. The molecule has 1 aromatic carbocycles. The van der Waals surface area contributed by atoms with E-state index in [1.807, 2.05) is 0 Å². The molecule has 88 valence electrons. The molecule has 1 amide bonds. The summed E-state index contributed by atoms with van der Waals surface area (Å²) >= 11 is 5.71. The van der Waals surface area contributed by atoms with Crippen molar-refractivity contribution in [1.82, 2.24) is 0 Å². The molecule has 4 nitrogen and oxygen atoms in total. The van der Waals surface area contributed by atoms with E-state index in [1.165, 1.54) is 19.2 Å². The third-order valence-electron chi connectivity index (χ3n) is 2.26. The van der Waals surface area contributed by atoms with E-state index >= 15 is 0 Å². The van der Waals surface area contributed by atoms with Gasteiger partial charge >= 0.3 is 0 Å². The van der Waals surface area contributed by atoms with Crippen molar-refractivity contribution in [3.63, 3.8) is 0 Å². The molecule has 0 saturated carbocycles. The van der Waals surface area contributed by atoms with Gasteiger partial charge in [0.25, 0.3) is 5.91 Å². The first-order chi connectivity index (χ1) is 7.36. The van der Waals surface area contributed by atoms with Crippen LogP contribution in [-0.4, -0.2) is 23.7 Å². The number of hydrogen-bond acceptors (Lipinski definition) is 3. The quantitative estimate of drug-likeness (QED) is 0.802. The average molecular weight is 244 g/mol. The summed E-state index contributed by atoms with van der Waals surface area (Å²) in [5, 5.41) is 12.0. The Balaban J connectivity index is 2.82. The number of phenolic OH excluding ortho intramolecular Hbond substituents is 1. The SMILES string of the molecule is COC(C)(C)C(=O)Nc1ccc(O)c(Cl)c1. The molecule has 1 aromatic rings. The number of ether oxygens (including phenoxy) is 1. The van der Waals surface area contributed by atoms with Crippen LogP contribution in [0.2, 0.25) is 5.02 Å². The second-order valence-corrected chi connectivity index (χ2v) is 4.24. The number of carbonyl (C=O) groups excluding carboxylic acids is 1. The first-order valence-electron chi connectivity index (χ1n) is 4.72. The van der Waals surface area contributed by atoms with Crippen LogP contribution in [0, 0.1) is 0 Å². The van der Waals surface area contributed by atoms with Gasteiger partial charge in [-0.2, -0.15) is 0 Å². The van der Waals surface area contributed by atoms with Gasteiger partial charge in [0.15, 0.2) is 0 Å². The van der Waals surface area contributed by atoms with Crippen LogP contribution in [0.5, 0.6) is 5.75 Å². The number of anilines is 1. The Hall–Kier alpha value is -1.26. The zero-order valence-electron chi connectivity index (χ0n) is 9.37. The summed E-state index contributed by atoms with van der Waals surface area (Å²) in [6.07, 6.45) is 0. The molecular formula is C11H14ClNO3. The summed E-state index contributed by atoms with van der Waals surface area (Å²) in [4.78, 5) is 11.7. The van der Waals surface area contributed by atoms with Crippen LogP contribution in [0.15, 0.2) is 18.2 Å². The normalized spacial score (nSPS) is 11.2. The van der Waals surface area contributed by atoms with E-state index < -0.39 is 5.60 Å². The summed E-state index contributed by atoms with van der Waals surface area (Å²) in [6, 6.07) is 4.45. The minimum Gasteiger partial charge on any atom is -0.506 e. The number of nitrogens with one attached hydrogen (secondary N) is 1. The van der Waals surface area contributed by atoms with E-state index in [9.17, 15) is 9.90 Å². The van der Waals surface area contributed by atoms with Crippen LogP contribution in [0.4, 0.5) is 5.69 Å². The van der Waals surface area contributed by atoms with Crippen molar-refractivity contribution >= 4 is 23.2 Å². The first kappa shape index (κ1) is 12.8. The van der Waals surface area contributed by atoms with Crippen molar-refractivity contribution in [2.24, 2.45) is 0 Å². The van der Waals surface area contributed by atoms with Crippen molar-refractivity contribution in [3.8, 4) is 5.75 Å². The number of phenols is 1. The topological polar surface area (TPSA) is 58.6 Å². The van der Waals surface area contributed by atoms with E-state index in [2.05, 4.69) is 5.32 Å². The van der Waals surface area contributed by atoms with Gasteiger partial charge < -0.3 is 15.2 Å². The maximum Gasteiger partial charge on any atom is 0.256 e. The third kappa shape index (κ3) is 2.87. The number of rotatable bonds is 3. The molecular weight excluding hydrogens is 230 g/mol. The number of amides is 1. The molecule has 0 aliphatic carbocycles. The second-order valence-electron chi connectivity index (χ2n) is 3.83. The zero-order valence-corrected chi connectivity index (χ0v) is 10.1. The predicted octanol–water partition coefficient (Wildman–Crippen LogP) is 2.41. The monoisotopic (exact) mass is 243 g/mol. The Morgan fingerprint density at radius 2 is 2.12 bits per heavy atom. The molecule has 0 aromatic heterocycles. The molecule has 0 aliphatic rings. The summed E-state index contributed by atoms with van der Waals surface area (Å²) < 4.78 is 5.03. The van der Waals surface area contributed by atoms with E-state index in [1.54, 1.807) is 19.9 Å². The van der Waals surface area contributed by atoms with Gasteiger partial charge in [-0.1, -0.05) is 11.6 Å². The van der Waals surface area contributed by atoms with Gasteiger partial charge in [-0.05, 0) is 32.0 Å². The van der Waals surface area contributed by atoms with Gasteiger partial charge in [-0.25, -0.2) is 0 Å². The zero-order chi connectivity index (χ0) is 12.3. The largest absolute Gasteiger partial charge is 0.506 e. The number of halogens is 1. The van der Waals surface area contributed by atoms with Crippen LogP contribution < -0.4 is 5.32 Å². The molecule has 0 aliphatic heterocycles. The number of aromatic hydroxyl groups is 1. The fourth-order valence-corrected chi connectivity index (χ4v) is 1.14. The lowest BCUT2D eigenvalue weighted by molar-refractivity contribution is -0.133. The Morgan fingerprint density at radius 3 is 2.62 bits per heavy atom. The van der Waals surface area contributed by atoms with E-state index in [-0.39, 0.29) is 16.7 Å². The van der Waals surface area contributed by atoms with E-state index in [0.29, 0.717) is 5.69 Å². The Labute approximate surface area is 99.2 Å². The van der Waals surface area contributed by atoms with E-state index in [4.69, 9.17) is 16.3 Å². The van der Waals surface area contributed by atoms with Crippen molar-refractivity contribution in [1.29, 1.82) is 0 Å². The summed E-state index contributed by atoms with van der Waals surface area (Å²) in [5.74, 6) is -0.303. The molecule has 5 heteroatoms. The Bertz CT molecular complexity index is 404. The summed E-state index contributed by atoms with van der Waals surface area (Å²) in [7, 11) is 1.46. The van der Waals surface area contributed by atoms with Crippen LogP contribution >= 0.6 is 11.6 Å². The van der Waals surface area contributed by atoms with Gasteiger partial charge in [0.05, 0.1) is 5.02 Å². The molecule has 0 heterocycles. The van der Waals surface area contributed by atoms with Crippen LogP contribution in [0.25, 0.3) is 0 Å². The molecule has 0 saturated heterocycles. The van der Waals surface area contributed by atoms with Crippen LogP contribution in [0.3, 0.4) is 0 Å². The standard InChI is InChI=1S/C11H14ClNO3/c1-11(2,16-3)10(15)13-7-4-5-9(14)8(12)6-7/h4-6,14H,1-3H3,(H,13,15). The molecule has 1 rings (SSSR count). The molecule has 16 heavy (non-hydrogen) atoms. The lowest BCUT2D eigenvalue weighted by Crippen LogP contribution is -2.38. The first-order valence-corrected chi connectivity index (χ1v) is 5.10. The molecule has 2 N–H and O–H groups in total. The molecule has 0 spiro atoms. The highest BCUT2D eigenvalue weighted by Crippen LogP contribution is 2.26. The smallest absolute Gasteiger partial charge is 0.256 e. The third-order valence-corrected chi connectivity index (χ3v) is 2.57. The second kappa shape index (κ2) is 4.72. The molecule has 0 radical (unpaired) electrons. The van der Waals surface area contributed by atoms with Gasteiger partial charge in [-0.3, -0.25) is 4.79 Å². The maximum atomic E-state index is 11.7. The number of carbonyl (C=O) groups is 1. The maximum absolute atomic E-state index is 11.7. The van der Waals surface area contributed by atoms with Crippen molar-refractivity contribution in [2.45, 2.75) is 19.4 Å². The highest BCUT2D eigenvalue weighted by molar-refractivity contribution is 6.32. The lowest BCUT2D eigenvalue weighted by atomic mass is 10.1. The highest BCUT2D eigenvalue weighted by atomic mass is 35.5. The number of methoxy groups -OCH3 is 1. The van der Waals surface area contributed by atoms with E-state index in [0.717, 1.165) is 0 Å². The van der Waals surface area contributed by atoms with Gasteiger partial charge in [0.2, 0.25) is 0 Å². The van der Waals surface area contributed by atoms with Gasteiger partial charge in [0.1, 0.15) is 11.4 Å². The fourth-order valence-electron chi connectivity index (χ4n) is 0.959. The molecule has 0 fully saturated rings. The minimum absolute atomic E-state index is 0.0225. The lowest BCUT2D eigenvalue weighted by Gasteiger charge is -2.21. The predicted molar refractivity (Wildman–Crippen MR) is 62.8 cm³/mol.